The van der Waals surface area contributed by atoms with Crippen LogP contribution in [0.3, 0.4) is 0 Å². The third-order valence-corrected chi connectivity index (χ3v) is 2.40. The maximum Gasteiger partial charge on any atom is 0.189 e. The minimum Gasteiger partial charge on any atom is -0.507 e. The first kappa shape index (κ1) is 11.1. The average Bonchev–Trinajstić information content (AvgIpc) is 2.40. The van der Waals surface area contributed by atoms with Crippen LogP contribution in [0, 0.1) is 0 Å². The van der Waals surface area contributed by atoms with Crippen LogP contribution in [0.4, 0.5) is 0 Å². The van der Waals surface area contributed by atoms with E-state index in [0.29, 0.717) is 11.1 Å². The molecule has 2 heteroatoms. The molecule has 0 atom stereocenters. The Morgan fingerprint density at radius 1 is 0.824 bits per heavy atom. The summed E-state index contributed by atoms with van der Waals surface area (Å²) < 4.78 is 0. The molecular weight excluding hydrogens is 212 g/mol. The molecule has 1 N–H and O–H groups in total. The molecule has 0 aromatic heterocycles. The Bertz CT molecular complexity index is 527. The quantitative estimate of drug-likeness (QED) is 0.492. The van der Waals surface area contributed by atoms with Gasteiger partial charge in [-0.3, -0.25) is 4.79 Å². The van der Waals surface area contributed by atoms with E-state index in [9.17, 15) is 9.90 Å². The van der Waals surface area contributed by atoms with Crippen molar-refractivity contribution < 1.29 is 9.90 Å². The summed E-state index contributed by atoms with van der Waals surface area (Å²) >= 11 is 0. The van der Waals surface area contributed by atoms with Gasteiger partial charge in [0.05, 0.1) is 0 Å². The van der Waals surface area contributed by atoms with E-state index < -0.39 is 0 Å². The van der Waals surface area contributed by atoms with Crippen LogP contribution < -0.4 is 0 Å². The van der Waals surface area contributed by atoms with Gasteiger partial charge in [0.2, 0.25) is 0 Å². The zero-order valence-electron chi connectivity index (χ0n) is 9.21. The van der Waals surface area contributed by atoms with E-state index in [4.69, 9.17) is 0 Å². The highest BCUT2D eigenvalue weighted by atomic mass is 16.3. The van der Waals surface area contributed by atoms with E-state index in [-0.39, 0.29) is 11.5 Å². The fourth-order valence-electron chi connectivity index (χ4n) is 1.50. The number of benzene rings is 2. The minimum atomic E-state index is -0.202. The molecule has 0 radical (unpaired) electrons. The van der Waals surface area contributed by atoms with Crippen LogP contribution in [-0.4, -0.2) is 10.9 Å². The molecule has 0 fully saturated rings. The monoisotopic (exact) mass is 224 g/mol. The van der Waals surface area contributed by atoms with Gasteiger partial charge >= 0.3 is 0 Å². The first-order chi connectivity index (χ1) is 8.27. The van der Waals surface area contributed by atoms with Crippen LogP contribution in [0.25, 0.3) is 5.76 Å². The van der Waals surface area contributed by atoms with Gasteiger partial charge in [0.1, 0.15) is 5.76 Å². The van der Waals surface area contributed by atoms with Crippen LogP contribution in [0.1, 0.15) is 15.9 Å². The number of hydrogen-bond acceptors (Lipinski definition) is 2. The molecule has 0 unspecified atom stereocenters. The van der Waals surface area contributed by atoms with Gasteiger partial charge in [-0.25, -0.2) is 0 Å². The van der Waals surface area contributed by atoms with Crippen LogP contribution in [0.5, 0.6) is 0 Å². The van der Waals surface area contributed by atoms with E-state index in [1.54, 1.807) is 36.4 Å². The predicted molar refractivity (Wildman–Crippen MR) is 67.8 cm³/mol. The number of carbonyl (C=O) groups excluding carboxylic acids is 1. The Balaban J connectivity index is 2.24. The van der Waals surface area contributed by atoms with Gasteiger partial charge in [-0.15, -0.1) is 0 Å². The molecule has 0 spiro atoms. The number of aliphatic hydroxyl groups is 1. The third kappa shape index (κ3) is 2.82. The molecule has 0 saturated carbocycles. The van der Waals surface area contributed by atoms with Crippen molar-refractivity contribution >= 4 is 11.5 Å². The van der Waals surface area contributed by atoms with Gasteiger partial charge in [-0.05, 0) is 0 Å². The lowest BCUT2D eigenvalue weighted by Crippen LogP contribution is -1.95. The summed E-state index contributed by atoms with van der Waals surface area (Å²) in [5, 5.41) is 9.79. The molecule has 0 bridgehead atoms. The van der Waals surface area contributed by atoms with Gasteiger partial charge < -0.3 is 5.11 Å². The Morgan fingerprint density at radius 3 is 1.82 bits per heavy atom. The summed E-state index contributed by atoms with van der Waals surface area (Å²) in [5.74, 6) is -0.216. The van der Waals surface area contributed by atoms with E-state index in [1.165, 1.54) is 6.08 Å². The second-order valence-electron chi connectivity index (χ2n) is 3.63. The highest BCUT2D eigenvalue weighted by Crippen LogP contribution is 2.12. The van der Waals surface area contributed by atoms with Gasteiger partial charge in [0, 0.05) is 17.2 Å². The summed E-state index contributed by atoms with van der Waals surface area (Å²) in [5.41, 5.74) is 1.20. The van der Waals surface area contributed by atoms with Crippen molar-refractivity contribution in [2.24, 2.45) is 0 Å². The summed E-state index contributed by atoms with van der Waals surface area (Å²) in [4.78, 5) is 11.8. The summed E-state index contributed by atoms with van der Waals surface area (Å²) in [6.45, 7) is 0. The summed E-state index contributed by atoms with van der Waals surface area (Å²) in [6.07, 6.45) is 1.24. The van der Waals surface area contributed by atoms with Crippen molar-refractivity contribution in [1.29, 1.82) is 0 Å². The normalized spacial score (nSPS) is 11.2. The van der Waals surface area contributed by atoms with Gasteiger partial charge in [0.25, 0.3) is 0 Å². The number of aliphatic hydroxyl groups excluding tert-OH is 1. The zero-order chi connectivity index (χ0) is 12.1. The number of carbonyl (C=O) groups is 1. The summed E-state index contributed by atoms with van der Waals surface area (Å²) in [6, 6.07) is 17.9. The molecule has 0 amide bonds. The first-order valence-corrected chi connectivity index (χ1v) is 5.33. The smallest absolute Gasteiger partial charge is 0.189 e. The van der Waals surface area contributed by atoms with Crippen molar-refractivity contribution in [1.82, 2.24) is 0 Å². The number of ketones is 1. The SMILES string of the molecule is O=C(/C=C(\O)c1ccccc1)c1ccccc1. The molecule has 0 aliphatic heterocycles. The Kier molecular flexibility index (Phi) is 3.36. The highest BCUT2D eigenvalue weighted by Gasteiger charge is 2.04. The largest absolute Gasteiger partial charge is 0.507 e. The van der Waals surface area contributed by atoms with Crippen molar-refractivity contribution in [3.8, 4) is 0 Å². The average molecular weight is 224 g/mol. The Hall–Kier alpha value is -2.35. The van der Waals surface area contributed by atoms with Crippen LogP contribution in [0.15, 0.2) is 66.7 Å². The molecule has 0 heterocycles. The van der Waals surface area contributed by atoms with Gasteiger partial charge in [-0.2, -0.15) is 0 Å². The second kappa shape index (κ2) is 5.12. The maximum absolute atomic E-state index is 11.8. The molecular formula is C15H12O2. The summed E-state index contributed by atoms with van der Waals surface area (Å²) in [7, 11) is 0. The fourth-order valence-corrected chi connectivity index (χ4v) is 1.50. The highest BCUT2D eigenvalue weighted by molar-refractivity contribution is 6.07. The van der Waals surface area contributed by atoms with E-state index >= 15 is 0 Å². The van der Waals surface area contributed by atoms with Crippen molar-refractivity contribution in [3.05, 3.63) is 77.9 Å². The maximum atomic E-state index is 11.8. The van der Waals surface area contributed by atoms with Crippen molar-refractivity contribution in [2.45, 2.75) is 0 Å². The molecule has 17 heavy (non-hydrogen) atoms. The van der Waals surface area contributed by atoms with E-state index in [0.717, 1.165) is 0 Å². The Morgan fingerprint density at radius 2 is 1.29 bits per heavy atom. The van der Waals surface area contributed by atoms with Crippen LogP contribution in [0.2, 0.25) is 0 Å². The number of allylic oxidation sites excluding steroid dienone is 1. The Labute approximate surface area is 99.8 Å². The first-order valence-electron chi connectivity index (χ1n) is 5.33. The molecule has 0 aliphatic rings. The van der Waals surface area contributed by atoms with Gasteiger partial charge in [-0.1, -0.05) is 60.7 Å². The van der Waals surface area contributed by atoms with Crippen LogP contribution in [-0.2, 0) is 0 Å². The molecule has 2 nitrogen and oxygen atoms in total. The fraction of sp³-hybridized carbons (Fsp3) is 0. The minimum absolute atomic E-state index is 0.0144. The lowest BCUT2D eigenvalue weighted by Gasteiger charge is -1.99. The molecule has 0 saturated heterocycles. The number of rotatable bonds is 3. The second-order valence-corrected chi connectivity index (χ2v) is 3.63. The van der Waals surface area contributed by atoms with Crippen molar-refractivity contribution in [2.75, 3.05) is 0 Å². The zero-order valence-corrected chi connectivity index (χ0v) is 9.21. The van der Waals surface area contributed by atoms with Gasteiger partial charge in [0.15, 0.2) is 5.78 Å². The third-order valence-electron chi connectivity index (χ3n) is 2.40. The molecule has 2 aromatic carbocycles. The van der Waals surface area contributed by atoms with Crippen LogP contribution >= 0.6 is 0 Å². The van der Waals surface area contributed by atoms with E-state index in [1.807, 2.05) is 24.3 Å². The number of hydrogen-bond donors (Lipinski definition) is 1. The molecule has 2 rings (SSSR count). The molecule has 0 aliphatic carbocycles. The standard InChI is InChI=1S/C15H12O2/c16-14(12-7-3-1-4-8-12)11-15(17)13-9-5-2-6-10-13/h1-11,16H/b14-11-. The lowest BCUT2D eigenvalue weighted by molar-refractivity contribution is 0.104. The van der Waals surface area contributed by atoms with E-state index in [2.05, 4.69) is 0 Å². The lowest BCUT2D eigenvalue weighted by atomic mass is 10.1. The van der Waals surface area contributed by atoms with Crippen molar-refractivity contribution in [3.63, 3.8) is 0 Å². The molecule has 84 valence electrons. The molecule has 2 aromatic rings. The topological polar surface area (TPSA) is 37.3 Å². The predicted octanol–water partition coefficient (Wildman–Crippen LogP) is 3.47.